The molecular formula is C23H21N3OS2. The Kier molecular flexibility index (Phi) is 5.92. The minimum atomic E-state index is -0.0691. The lowest BCUT2D eigenvalue weighted by Gasteiger charge is -2.19. The molecule has 0 fully saturated rings. The molecule has 29 heavy (non-hydrogen) atoms. The first-order valence-electron chi connectivity index (χ1n) is 9.46. The number of nitrogens with zero attached hydrogens (tertiary/aromatic N) is 3. The van der Waals surface area contributed by atoms with Gasteiger partial charge >= 0.3 is 0 Å². The van der Waals surface area contributed by atoms with E-state index in [4.69, 9.17) is 4.98 Å². The lowest BCUT2D eigenvalue weighted by molar-refractivity contribution is 0.0984. The molecule has 1 amide bonds. The van der Waals surface area contributed by atoms with Gasteiger partial charge < -0.3 is 0 Å². The summed E-state index contributed by atoms with van der Waals surface area (Å²) >= 11 is 3.30. The topological polar surface area (TPSA) is 46.1 Å². The van der Waals surface area contributed by atoms with Crippen molar-refractivity contribution >= 4 is 44.4 Å². The standard InChI is InChI=1S/C23H21N3OS2/c1-3-28-19-12-10-17(11-13-19)22(27)26(15-18-8-4-5-14-24-18)23-25-21-16(2)7-6-9-20(21)29-23/h4-14H,3,15H2,1-2H3. The quantitative estimate of drug-likeness (QED) is 0.362. The molecule has 4 rings (SSSR count). The third-order valence-electron chi connectivity index (χ3n) is 4.54. The number of thiazole rings is 1. The summed E-state index contributed by atoms with van der Waals surface area (Å²) in [6, 6.07) is 19.6. The molecule has 4 aromatic rings. The molecule has 0 unspecified atom stereocenters. The monoisotopic (exact) mass is 419 g/mol. The van der Waals surface area contributed by atoms with Crippen LogP contribution in [0.3, 0.4) is 0 Å². The number of pyridine rings is 1. The summed E-state index contributed by atoms with van der Waals surface area (Å²) in [5, 5.41) is 0.692. The number of carbonyl (C=O) groups is 1. The molecular weight excluding hydrogens is 398 g/mol. The van der Waals surface area contributed by atoms with Crippen molar-refractivity contribution in [3.63, 3.8) is 0 Å². The van der Waals surface area contributed by atoms with Crippen molar-refractivity contribution in [1.82, 2.24) is 9.97 Å². The summed E-state index contributed by atoms with van der Waals surface area (Å²) in [4.78, 5) is 25.5. The third-order valence-corrected chi connectivity index (χ3v) is 6.48. The van der Waals surface area contributed by atoms with Crippen LogP contribution in [0.4, 0.5) is 5.13 Å². The zero-order valence-electron chi connectivity index (χ0n) is 16.3. The largest absolute Gasteiger partial charge is 0.278 e. The molecule has 2 aromatic heterocycles. The van der Waals surface area contributed by atoms with Crippen molar-refractivity contribution < 1.29 is 4.79 Å². The average molecular weight is 420 g/mol. The van der Waals surface area contributed by atoms with E-state index in [9.17, 15) is 4.79 Å². The second-order valence-electron chi connectivity index (χ2n) is 6.59. The highest BCUT2D eigenvalue weighted by Gasteiger charge is 2.22. The van der Waals surface area contributed by atoms with Crippen LogP contribution in [-0.4, -0.2) is 21.6 Å². The molecule has 0 radical (unpaired) electrons. The minimum Gasteiger partial charge on any atom is -0.278 e. The molecule has 4 nitrogen and oxygen atoms in total. The van der Waals surface area contributed by atoms with Gasteiger partial charge in [0.05, 0.1) is 22.5 Å². The van der Waals surface area contributed by atoms with Crippen LogP contribution in [0, 0.1) is 6.92 Å². The molecule has 0 saturated carbocycles. The molecule has 0 aliphatic heterocycles. The Morgan fingerprint density at radius 3 is 2.59 bits per heavy atom. The number of anilines is 1. The fraction of sp³-hybridized carbons (Fsp3) is 0.174. The molecule has 2 heterocycles. The summed E-state index contributed by atoms with van der Waals surface area (Å²) in [6.07, 6.45) is 1.75. The Hall–Kier alpha value is -2.70. The van der Waals surface area contributed by atoms with E-state index in [0.717, 1.165) is 32.1 Å². The van der Waals surface area contributed by atoms with Crippen molar-refractivity contribution in [3.05, 3.63) is 83.7 Å². The smallest absolute Gasteiger partial charge is 0.260 e. The number of hydrogen-bond donors (Lipinski definition) is 0. The van der Waals surface area contributed by atoms with Gasteiger partial charge in [0.25, 0.3) is 5.91 Å². The van der Waals surface area contributed by atoms with Crippen LogP contribution in [0.1, 0.15) is 28.5 Å². The number of fused-ring (bicyclic) bond motifs is 1. The lowest BCUT2D eigenvalue weighted by atomic mass is 10.2. The summed E-state index contributed by atoms with van der Waals surface area (Å²) < 4.78 is 1.08. The Bertz CT molecular complexity index is 1120. The lowest BCUT2D eigenvalue weighted by Crippen LogP contribution is -2.30. The van der Waals surface area contributed by atoms with E-state index >= 15 is 0 Å². The van der Waals surface area contributed by atoms with Gasteiger partial charge in [0.2, 0.25) is 0 Å². The van der Waals surface area contributed by atoms with Gasteiger partial charge in [-0.1, -0.05) is 36.5 Å². The first-order valence-corrected chi connectivity index (χ1v) is 11.3. The number of para-hydroxylation sites is 1. The molecule has 0 aliphatic rings. The first-order chi connectivity index (χ1) is 14.2. The van der Waals surface area contributed by atoms with Gasteiger partial charge in [0, 0.05) is 16.7 Å². The second-order valence-corrected chi connectivity index (χ2v) is 8.93. The zero-order chi connectivity index (χ0) is 20.2. The first kappa shape index (κ1) is 19.6. The Morgan fingerprint density at radius 1 is 1.07 bits per heavy atom. The molecule has 0 bridgehead atoms. The molecule has 0 spiro atoms. The highest BCUT2D eigenvalue weighted by atomic mass is 32.2. The van der Waals surface area contributed by atoms with Crippen LogP contribution in [-0.2, 0) is 6.54 Å². The molecule has 6 heteroatoms. The van der Waals surface area contributed by atoms with Crippen molar-refractivity contribution in [2.24, 2.45) is 0 Å². The number of thioether (sulfide) groups is 1. The van der Waals surface area contributed by atoms with Gasteiger partial charge in [0.1, 0.15) is 0 Å². The summed E-state index contributed by atoms with van der Waals surface area (Å²) in [5.41, 5.74) is 3.53. The van der Waals surface area contributed by atoms with E-state index in [-0.39, 0.29) is 5.91 Å². The highest BCUT2D eigenvalue weighted by molar-refractivity contribution is 7.99. The third kappa shape index (κ3) is 4.33. The highest BCUT2D eigenvalue weighted by Crippen LogP contribution is 2.32. The van der Waals surface area contributed by atoms with Gasteiger partial charge in [-0.15, -0.1) is 11.8 Å². The van der Waals surface area contributed by atoms with Gasteiger partial charge in [-0.25, -0.2) is 4.98 Å². The SMILES string of the molecule is CCSc1ccc(C(=O)N(Cc2ccccn2)c2nc3c(C)cccc3s2)cc1. The molecule has 0 saturated heterocycles. The maximum atomic E-state index is 13.4. The van der Waals surface area contributed by atoms with Crippen LogP contribution >= 0.6 is 23.1 Å². The fourth-order valence-electron chi connectivity index (χ4n) is 3.09. The number of hydrogen-bond acceptors (Lipinski definition) is 5. The Morgan fingerprint density at radius 2 is 1.90 bits per heavy atom. The number of aryl methyl sites for hydroxylation is 1. The van der Waals surface area contributed by atoms with Crippen LogP contribution < -0.4 is 4.90 Å². The molecule has 0 N–H and O–H groups in total. The Labute approximate surface area is 178 Å². The van der Waals surface area contributed by atoms with Gasteiger partial charge in [-0.05, 0) is 60.7 Å². The minimum absolute atomic E-state index is 0.0691. The maximum absolute atomic E-state index is 13.4. The van der Waals surface area contributed by atoms with Crippen LogP contribution in [0.25, 0.3) is 10.2 Å². The Balaban J connectivity index is 1.72. The number of benzene rings is 2. The number of carbonyl (C=O) groups excluding carboxylic acids is 1. The van der Waals surface area contributed by atoms with Crippen LogP contribution in [0.5, 0.6) is 0 Å². The van der Waals surface area contributed by atoms with Gasteiger partial charge in [0.15, 0.2) is 5.13 Å². The van der Waals surface area contributed by atoms with E-state index in [1.165, 1.54) is 11.3 Å². The molecule has 146 valence electrons. The summed E-state index contributed by atoms with van der Waals surface area (Å²) in [6.45, 7) is 4.54. The maximum Gasteiger partial charge on any atom is 0.260 e. The predicted molar refractivity (Wildman–Crippen MR) is 122 cm³/mol. The van der Waals surface area contributed by atoms with E-state index in [1.54, 1.807) is 22.9 Å². The second kappa shape index (κ2) is 8.76. The van der Waals surface area contributed by atoms with Gasteiger partial charge in [-0.2, -0.15) is 0 Å². The number of aromatic nitrogens is 2. The number of amides is 1. The predicted octanol–water partition coefficient (Wildman–Crippen LogP) is 5.96. The van der Waals surface area contributed by atoms with Crippen LogP contribution in [0.15, 0.2) is 71.8 Å². The molecule has 2 aromatic carbocycles. The van der Waals surface area contributed by atoms with E-state index in [0.29, 0.717) is 17.2 Å². The molecule has 0 aliphatic carbocycles. The molecule has 0 atom stereocenters. The van der Waals surface area contributed by atoms with Crippen molar-refractivity contribution in [2.45, 2.75) is 25.3 Å². The van der Waals surface area contributed by atoms with E-state index in [1.807, 2.05) is 67.6 Å². The fourth-order valence-corrected chi connectivity index (χ4v) is 4.79. The normalized spacial score (nSPS) is 11.0. The van der Waals surface area contributed by atoms with E-state index in [2.05, 4.69) is 11.9 Å². The van der Waals surface area contributed by atoms with Gasteiger partial charge in [-0.3, -0.25) is 14.7 Å². The summed E-state index contributed by atoms with van der Waals surface area (Å²) in [7, 11) is 0. The number of rotatable bonds is 6. The van der Waals surface area contributed by atoms with E-state index < -0.39 is 0 Å². The van der Waals surface area contributed by atoms with Crippen LogP contribution in [0.2, 0.25) is 0 Å². The van der Waals surface area contributed by atoms with Crippen molar-refractivity contribution in [3.8, 4) is 0 Å². The zero-order valence-corrected chi connectivity index (χ0v) is 18.0. The summed E-state index contributed by atoms with van der Waals surface area (Å²) in [5.74, 6) is 0.935. The average Bonchev–Trinajstić information content (AvgIpc) is 3.18. The van der Waals surface area contributed by atoms with Crippen molar-refractivity contribution in [2.75, 3.05) is 10.7 Å². The van der Waals surface area contributed by atoms with Crippen molar-refractivity contribution in [1.29, 1.82) is 0 Å².